The van der Waals surface area contributed by atoms with Crippen LogP contribution in [0.5, 0.6) is 0 Å². The van der Waals surface area contributed by atoms with E-state index < -0.39 is 11.7 Å². The molecule has 0 aromatic heterocycles. The monoisotopic (exact) mass is 289 g/mol. The second-order valence-corrected chi connectivity index (χ2v) is 5.47. The predicted molar refractivity (Wildman–Crippen MR) is 76.3 cm³/mol. The minimum atomic E-state index is -1.29. The summed E-state index contributed by atoms with van der Waals surface area (Å²) < 4.78 is 28.0. The molecule has 2 rings (SSSR count). The summed E-state index contributed by atoms with van der Waals surface area (Å²) in [5.41, 5.74) is 5.79. The van der Waals surface area contributed by atoms with E-state index in [2.05, 4.69) is 5.92 Å². The molecule has 0 saturated carbocycles. The molecule has 0 aliphatic carbocycles. The number of nitriles is 1. The molecule has 1 heterocycles. The lowest BCUT2D eigenvalue weighted by molar-refractivity contribution is 0.0604. The van der Waals surface area contributed by atoms with E-state index in [1.54, 1.807) is 17.0 Å². The number of hydrogen-bond donors (Lipinski definition) is 1. The van der Waals surface area contributed by atoms with Gasteiger partial charge in [-0.05, 0) is 18.6 Å². The van der Waals surface area contributed by atoms with Crippen LogP contribution in [0.25, 0.3) is 0 Å². The van der Waals surface area contributed by atoms with E-state index >= 15 is 0 Å². The highest BCUT2D eigenvalue weighted by Gasteiger charge is 2.40. The Morgan fingerprint density at radius 2 is 2.29 bits per heavy atom. The highest BCUT2D eigenvalue weighted by Crippen LogP contribution is 2.27. The zero-order valence-corrected chi connectivity index (χ0v) is 11.6. The van der Waals surface area contributed by atoms with Crippen LogP contribution >= 0.6 is 0 Å². The molecule has 0 radical (unpaired) electrons. The van der Waals surface area contributed by atoms with Gasteiger partial charge in [0.25, 0.3) is 0 Å². The van der Waals surface area contributed by atoms with Crippen LogP contribution < -0.4 is 5.73 Å². The minimum absolute atomic E-state index is 0.00671. The van der Waals surface area contributed by atoms with Crippen LogP contribution in [0, 0.1) is 29.5 Å². The van der Waals surface area contributed by atoms with Gasteiger partial charge in [0.15, 0.2) is 0 Å². The molecule has 0 spiro atoms. The normalized spacial score (nSPS) is 26.0. The van der Waals surface area contributed by atoms with Crippen molar-refractivity contribution >= 4 is 0 Å². The van der Waals surface area contributed by atoms with Gasteiger partial charge in [-0.2, -0.15) is 5.26 Å². The van der Waals surface area contributed by atoms with Gasteiger partial charge in [-0.1, -0.05) is 12.0 Å². The van der Waals surface area contributed by atoms with Crippen molar-refractivity contribution in [2.75, 3.05) is 13.1 Å². The number of likely N-dealkylation sites (tertiary alicyclic amines) is 1. The van der Waals surface area contributed by atoms with Crippen molar-refractivity contribution in [1.29, 1.82) is 5.26 Å². The van der Waals surface area contributed by atoms with E-state index in [0.717, 1.165) is 0 Å². The van der Waals surface area contributed by atoms with E-state index in [9.17, 15) is 8.78 Å². The standard InChI is InChI=1S/C16H17F2N3/c1-2-12-3-4-13(14(17)9-12)10-21-8-6-16(20,5-7-19)15(18)11-21/h1,3-4,9,15H,5-6,8,10-11,20H2. The molecule has 3 nitrogen and oxygen atoms in total. The molecule has 0 amide bonds. The Morgan fingerprint density at radius 1 is 1.52 bits per heavy atom. The number of nitrogens with zero attached hydrogens (tertiary/aromatic N) is 2. The average Bonchev–Trinajstić information content (AvgIpc) is 2.45. The third kappa shape index (κ3) is 3.39. The SMILES string of the molecule is C#Cc1ccc(CN2CCC(N)(CC#N)C(F)C2)c(F)c1. The molecule has 21 heavy (non-hydrogen) atoms. The Labute approximate surface area is 123 Å². The van der Waals surface area contributed by atoms with Gasteiger partial charge in [-0.3, -0.25) is 4.90 Å². The van der Waals surface area contributed by atoms with Crippen LogP contribution in [-0.4, -0.2) is 29.7 Å². The van der Waals surface area contributed by atoms with Crippen molar-refractivity contribution in [3.05, 3.63) is 35.1 Å². The van der Waals surface area contributed by atoms with Crippen LogP contribution in [0.2, 0.25) is 0 Å². The van der Waals surface area contributed by atoms with Gasteiger partial charge in [0.1, 0.15) is 12.0 Å². The number of piperidine rings is 1. The Balaban J connectivity index is 2.03. The zero-order chi connectivity index (χ0) is 15.5. The lowest BCUT2D eigenvalue weighted by Crippen LogP contribution is -2.58. The van der Waals surface area contributed by atoms with Gasteiger partial charge in [0.05, 0.1) is 18.0 Å². The molecular weight excluding hydrogens is 272 g/mol. The first-order chi connectivity index (χ1) is 9.98. The van der Waals surface area contributed by atoms with Crippen molar-refractivity contribution < 1.29 is 8.78 Å². The van der Waals surface area contributed by atoms with Crippen LogP contribution in [-0.2, 0) is 6.54 Å². The summed E-state index contributed by atoms with van der Waals surface area (Å²) in [6.07, 6.45) is 4.29. The van der Waals surface area contributed by atoms with Gasteiger partial charge < -0.3 is 5.73 Å². The number of rotatable bonds is 3. The number of hydrogen-bond acceptors (Lipinski definition) is 3. The first-order valence-corrected chi connectivity index (χ1v) is 6.76. The third-order valence-corrected chi connectivity index (χ3v) is 3.96. The van der Waals surface area contributed by atoms with Crippen molar-refractivity contribution in [2.45, 2.75) is 31.1 Å². The van der Waals surface area contributed by atoms with Crippen LogP contribution in [0.4, 0.5) is 8.78 Å². The molecule has 2 atom stereocenters. The summed E-state index contributed by atoms with van der Waals surface area (Å²) in [4.78, 5) is 1.81. The van der Waals surface area contributed by atoms with Gasteiger partial charge in [0, 0.05) is 30.8 Å². The largest absolute Gasteiger partial charge is 0.322 e. The maximum absolute atomic E-state index is 14.2. The van der Waals surface area contributed by atoms with Crippen molar-refractivity contribution in [3.8, 4) is 18.4 Å². The lowest BCUT2D eigenvalue weighted by atomic mass is 9.84. The average molecular weight is 289 g/mol. The van der Waals surface area contributed by atoms with E-state index in [4.69, 9.17) is 17.4 Å². The van der Waals surface area contributed by atoms with E-state index in [0.29, 0.717) is 30.6 Å². The highest BCUT2D eigenvalue weighted by atomic mass is 19.1. The minimum Gasteiger partial charge on any atom is -0.322 e. The summed E-state index contributed by atoms with van der Waals surface area (Å²) in [5.74, 6) is 1.98. The van der Waals surface area contributed by atoms with E-state index in [-0.39, 0.29) is 18.8 Å². The molecule has 1 aliphatic rings. The fourth-order valence-electron chi connectivity index (χ4n) is 2.52. The number of terminal acetylenes is 1. The molecule has 1 aromatic carbocycles. The molecule has 2 N–H and O–H groups in total. The summed E-state index contributed by atoms with van der Waals surface area (Å²) >= 11 is 0. The third-order valence-electron chi connectivity index (χ3n) is 3.96. The first kappa shape index (κ1) is 15.4. The van der Waals surface area contributed by atoms with Gasteiger partial charge in [-0.25, -0.2) is 8.78 Å². The predicted octanol–water partition coefficient (Wildman–Crippen LogP) is 1.96. The zero-order valence-electron chi connectivity index (χ0n) is 11.6. The molecule has 2 unspecified atom stereocenters. The van der Waals surface area contributed by atoms with E-state index in [1.165, 1.54) is 6.07 Å². The van der Waals surface area contributed by atoms with Crippen LogP contribution in [0.15, 0.2) is 18.2 Å². The Hall–Kier alpha value is -1.95. The molecule has 0 bridgehead atoms. The number of nitrogens with two attached hydrogens (primary N) is 1. The lowest BCUT2D eigenvalue weighted by Gasteiger charge is -2.40. The molecule has 1 aliphatic heterocycles. The molecule has 5 heteroatoms. The van der Waals surface area contributed by atoms with Gasteiger partial charge in [-0.15, -0.1) is 6.42 Å². The topological polar surface area (TPSA) is 53.0 Å². The number of alkyl halides is 1. The number of halogens is 2. The summed E-state index contributed by atoms with van der Waals surface area (Å²) in [6.45, 7) is 0.948. The molecule has 1 fully saturated rings. The molecular formula is C16H17F2N3. The van der Waals surface area contributed by atoms with Crippen molar-refractivity contribution in [1.82, 2.24) is 4.90 Å². The number of benzene rings is 1. The quantitative estimate of drug-likeness (QED) is 0.866. The summed E-state index contributed by atoms with van der Waals surface area (Å²) in [5, 5.41) is 8.71. The Morgan fingerprint density at radius 3 is 2.86 bits per heavy atom. The van der Waals surface area contributed by atoms with E-state index in [1.807, 2.05) is 6.07 Å². The molecule has 1 saturated heterocycles. The fraction of sp³-hybridized carbons (Fsp3) is 0.438. The maximum atomic E-state index is 14.2. The van der Waals surface area contributed by atoms with Crippen LogP contribution in [0.3, 0.4) is 0 Å². The fourth-order valence-corrected chi connectivity index (χ4v) is 2.52. The smallest absolute Gasteiger partial charge is 0.132 e. The van der Waals surface area contributed by atoms with Crippen molar-refractivity contribution in [3.63, 3.8) is 0 Å². The summed E-state index contributed by atoms with van der Waals surface area (Å²) in [6, 6.07) is 6.52. The first-order valence-electron chi connectivity index (χ1n) is 6.76. The molecule has 110 valence electrons. The van der Waals surface area contributed by atoms with Crippen molar-refractivity contribution in [2.24, 2.45) is 5.73 Å². The van der Waals surface area contributed by atoms with Gasteiger partial charge >= 0.3 is 0 Å². The van der Waals surface area contributed by atoms with Gasteiger partial charge in [0.2, 0.25) is 0 Å². The second-order valence-electron chi connectivity index (χ2n) is 5.47. The highest BCUT2D eigenvalue weighted by molar-refractivity contribution is 5.35. The Kier molecular flexibility index (Phi) is 4.57. The summed E-state index contributed by atoms with van der Waals surface area (Å²) in [7, 11) is 0. The maximum Gasteiger partial charge on any atom is 0.132 e. The second kappa shape index (κ2) is 6.22. The van der Waals surface area contributed by atoms with Crippen LogP contribution in [0.1, 0.15) is 24.0 Å². The Bertz CT molecular complexity index is 603. The molecule has 1 aromatic rings.